The first-order valence-electron chi connectivity index (χ1n) is 5.17. The van der Waals surface area contributed by atoms with Gasteiger partial charge in [0.25, 0.3) is 0 Å². The highest BCUT2D eigenvalue weighted by Gasteiger charge is 2.15. The minimum absolute atomic E-state index is 0.705. The Bertz CT molecular complexity index is 514. The number of rotatable bonds is 0. The van der Waals surface area contributed by atoms with Crippen LogP contribution in [0.15, 0.2) is 36.4 Å². The Morgan fingerprint density at radius 1 is 1.00 bits per heavy atom. The molecule has 3 nitrogen and oxygen atoms in total. The Balaban J connectivity index is 2.10. The van der Waals surface area contributed by atoms with Gasteiger partial charge in [0, 0.05) is 11.8 Å². The Morgan fingerprint density at radius 3 is 2.50 bits per heavy atom. The number of hydrogen-bond donors (Lipinski definition) is 2. The van der Waals surface area contributed by atoms with Gasteiger partial charge in [0.15, 0.2) is 11.5 Å². The summed E-state index contributed by atoms with van der Waals surface area (Å²) in [6.45, 7) is 2.04. The molecular formula is C13H12N2O. The summed E-state index contributed by atoms with van der Waals surface area (Å²) in [7, 11) is 0. The lowest BCUT2D eigenvalue weighted by Gasteiger charge is -2.22. The van der Waals surface area contributed by atoms with Gasteiger partial charge in [-0.3, -0.25) is 0 Å². The molecule has 0 aromatic heterocycles. The molecule has 0 bridgehead atoms. The molecule has 0 fully saturated rings. The molecule has 3 N–H and O–H groups in total. The number of anilines is 3. The molecule has 0 saturated heterocycles. The van der Waals surface area contributed by atoms with Crippen molar-refractivity contribution in [3.63, 3.8) is 0 Å². The zero-order chi connectivity index (χ0) is 11.1. The van der Waals surface area contributed by atoms with E-state index in [1.807, 2.05) is 37.3 Å². The predicted molar refractivity (Wildman–Crippen MR) is 65.4 cm³/mol. The van der Waals surface area contributed by atoms with E-state index in [9.17, 15) is 0 Å². The van der Waals surface area contributed by atoms with Crippen LogP contribution in [0.5, 0.6) is 11.5 Å². The number of benzene rings is 2. The van der Waals surface area contributed by atoms with E-state index in [1.165, 1.54) is 5.56 Å². The fourth-order valence-electron chi connectivity index (χ4n) is 1.81. The molecule has 16 heavy (non-hydrogen) atoms. The number of ether oxygens (including phenoxy) is 1. The van der Waals surface area contributed by atoms with Crippen LogP contribution >= 0.6 is 0 Å². The van der Waals surface area contributed by atoms with Gasteiger partial charge in [-0.15, -0.1) is 0 Å². The molecule has 80 valence electrons. The minimum Gasteiger partial charge on any atom is -0.453 e. The van der Waals surface area contributed by atoms with E-state index in [0.717, 1.165) is 22.9 Å². The second kappa shape index (κ2) is 3.17. The molecule has 2 aromatic carbocycles. The smallest absolute Gasteiger partial charge is 0.153 e. The lowest BCUT2D eigenvalue weighted by atomic mass is 10.1. The summed E-state index contributed by atoms with van der Waals surface area (Å²) in [6, 6.07) is 11.7. The predicted octanol–water partition coefficient (Wildman–Crippen LogP) is 3.43. The first-order valence-corrected chi connectivity index (χ1v) is 5.17. The number of nitrogens with one attached hydrogen (secondary N) is 1. The molecule has 3 rings (SSSR count). The van der Waals surface area contributed by atoms with E-state index in [-0.39, 0.29) is 0 Å². The summed E-state index contributed by atoms with van der Waals surface area (Å²) in [4.78, 5) is 0. The van der Waals surface area contributed by atoms with Crippen molar-refractivity contribution in [2.24, 2.45) is 0 Å². The Labute approximate surface area is 93.9 Å². The van der Waals surface area contributed by atoms with Gasteiger partial charge in [-0.1, -0.05) is 6.07 Å². The third kappa shape index (κ3) is 1.37. The van der Waals surface area contributed by atoms with Crippen LogP contribution in [0.3, 0.4) is 0 Å². The highest BCUT2D eigenvalue weighted by molar-refractivity contribution is 5.77. The van der Waals surface area contributed by atoms with Crippen LogP contribution in [0.4, 0.5) is 17.1 Å². The molecule has 0 aliphatic carbocycles. The maximum Gasteiger partial charge on any atom is 0.153 e. The van der Waals surface area contributed by atoms with Gasteiger partial charge < -0.3 is 15.8 Å². The third-order valence-electron chi connectivity index (χ3n) is 2.63. The van der Waals surface area contributed by atoms with Crippen LogP contribution < -0.4 is 15.8 Å². The molecule has 0 spiro atoms. The van der Waals surface area contributed by atoms with E-state index in [0.29, 0.717) is 5.69 Å². The average molecular weight is 212 g/mol. The van der Waals surface area contributed by atoms with Crippen molar-refractivity contribution in [3.8, 4) is 11.5 Å². The number of fused-ring (bicyclic) bond motifs is 2. The van der Waals surface area contributed by atoms with Gasteiger partial charge in [0.05, 0.1) is 11.4 Å². The summed E-state index contributed by atoms with van der Waals surface area (Å²) < 4.78 is 5.80. The van der Waals surface area contributed by atoms with E-state index >= 15 is 0 Å². The monoisotopic (exact) mass is 212 g/mol. The normalized spacial score (nSPS) is 12.1. The molecule has 1 aliphatic heterocycles. The van der Waals surface area contributed by atoms with Gasteiger partial charge in [-0.2, -0.15) is 0 Å². The van der Waals surface area contributed by atoms with Gasteiger partial charge in [-0.25, -0.2) is 0 Å². The molecule has 0 radical (unpaired) electrons. The highest BCUT2D eigenvalue weighted by atomic mass is 16.5. The number of hydrogen-bond acceptors (Lipinski definition) is 3. The molecule has 1 heterocycles. The highest BCUT2D eigenvalue weighted by Crippen LogP contribution is 2.42. The molecule has 3 heteroatoms. The second-order valence-corrected chi connectivity index (χ2v) is 3.98. The van der Waals surface area contributed by atoms with E-state index in [2.05, 4.69) is 11.4 Å². The van der Waals surface area contributed by atoms with E-state index in [1.54, 1.807) is 0 Å². The fraction of sp³-hybridized carbons (Fsp3) is 0.0769. The Morgan fingerprint density at radius 2 is 1.69 bits per heavy atom. The SMILES string of the molecule is Cc1ccc2c(c1)Oc1cc(N)ccc1N2. The second-order valence-electron chi connectivity index (χ2n) is 3.98. The summed E-state index contributed by atoms with van der Waals surface area (Å²) >= 11 is 0. The molecule has 1 aliphatic rings. The molecule has 0 amide bonds. The van der Waals surface area contributed by atoms with Crippen molar-refractivity contribution in [1.82, 2.24) is 0 Å². The van der Waals surface area contributed by atoms with Crippen LogP contribution in [0, 0.1) is 6.92 Å². The topological polar surface area (TPSA) is 47.3 Å². The van der Waals surface area contributed by atoms with E-state index in [4.69, 9.17) is 10.5 Å². The lowest BCUT2D eigenvalue weighted by molar-refractivity contribution is 0.481. The molecular weight excluding hydrogens is 200 g/mol. The lowest BCUT2D eigenvalue weighted by Crippen LogP contribution is -2.03. The van der Waals surface area contributed by atoms with Crippen molar-refractivity contribution in [3.05, 3.63) is 42.0 Å². The number of nitrogens with two attached hydrogens (primary N) is 1. The first kappa shape index (κ1) is 9.09. The quantitative estimate of drug-likeness (QED) is 0.561. The number of aryl methyl sites for hydroxylation is 1. The Hall–Kier alpha value is -2.16. The van der Waals surface area contributed by atoms with Crippen molar-refractivity contribution in [2.75, 3.05) is 11.1 Å². The summed E-state index contributed by atoms with van der Waals surface area (Å²) in [6.07, 6.45) is 0. The van der Waals surface area contributed by atoms with E-state index < -0.39 is 0 Å². The fourth-order valence-corrected chi connectivity index (χ4v) is 1.81. The van der Waals surface area contributed by atoms with Crippen molar-refractivity contribution in [2.45, 2.75) is 6.92 Å². The molecule has 0 atom stereocenters. The van der Waals surface area contributed by atoms with Crippen LogP contribution in [-0.2, 0) is 0 Å². The van der Waals surface area contributed by atoms with Gasteiger partial charge in [0.2, 0.25) is 0 Å². The molecule has 2 aromatic rings. The maximum absolute atomic E-state index is 5.80. The van der Waals surface area contributed by atoms with Crippen LogP contribution in [0.25, 0.3) is 0 Å². The maximum atomic E-state index is 5.80. The van der Waals surface area contributed by atoms with Crippen molar-refractivity contribution >= 4 is 17.1 Å². The van der Waals surface area contributed by atoms with Crippen molar-refractivity contribution < 1.29 is 4.74 Å². The standard InChI is InChI=1S/C13H12N2O/c1-8-2-4-10-12(6-8)16-13-7-9(14)3-5-11(13)15-10/h2-7,15H,14H2,1H3. The molecule has 0 unspecified atom stereocenters. The summed E-state index contributed by atoms with van der Waals surface area (Å²) in [5, 5.41) is 3.31. The minimum atomic E-state index is 0.705. The van der Waals surface area contributed by atoms with Gasteiger partial charge in [-0.05, 0) is 36.8 Å². The van der Waals surface area contributed by atoms with Crippen LogP contribution in [0.1, 0.15) is 5.56 Å². The number of nitrogen functional groups attached to an aromatic ring is 1. The zero-order valence-corrected chi connectivity index (χ0v) is 8.95. The Kier molecular flexibility index (Phi) is 1.80. The third-order valence-corrected chi connectivity index (χ3v) is 2.63. The van der Waals surface area contributed by atoms with Crippen molar-refractivity contribution in [1.29, 1.82) is 0 Å². The van der Waals surface area contributed by atoms with Crippen LogP contribution in [0.2, 0.25) is 0 Å². The average Bonchev–Trinajstić information content (AvgIpc) is 2.26. The zero-order valence-electron chi connectivity index (χ0n) is 8.95. The summed E-state index contributed by atoms with van der Waals surface area (Å²) in [5.41, 5.74) is 9.54. The van der Waals surface area contributed by atoms with Crippen LogP contribution in [-0.4, -0.2) is 0 Å². The van der Waals surface area contributed by atoms with Gasteiger partial charge in [0.1, 0.15) is 0 Å². The first-order chi connectivity index (χ1) is 7.72. The van der Waals surface area contributed by atoms with Gasteiger partial charge >= 0.3 is 0 Å². The molecule has 0 saturated carbocycles. The largest absolute Gasteiger partial charge is 0.453 e. The summed E-state index contributed by atoms with van der Waals surface area (Å²) in [5.74, 6) is 1.62.